The molecule has 0 radical (unpaired) electrons. The predicted molar refractivity (Wildman–Crippen MR) is 55.2 cm³/mol. The molecule has 1 rings (SSSR count). The first-order valence-corrected chi connectivity index (χ1v) is 5.51. The molecule has 3 nitrogen and oxygen atoms in total. The number of aliphatic hydroxyl groups excluding tert-OH is 1. The summed E-state index contributed by atoms with van der Waals surface area (Å²) in [5, 5.41) is 9.39. The summed E-state index contributed by atoms with van der Waals surface area (Å²) in [5.74, 6) is 0. The summed E-state index contributed by atoms with van der Waals surface area (Å²) in [4.78, 5) is 3.43. The molecule has 1 N–H and O–H groups in total. The first-order valence-electron chi connectivity index (χ1n) is 5.51. The van der Waals surface area contributed by atoms with Crippen LogP contribution in [0.1, 0.15) is 13.8 Å². The molecule has 0 aromatic heterocycles. The number of halogens is 3. The molecule has 0 amide bonds. The molecule has 0 saturated carbocycles. The minimum absolute atomic E-state index is 0.00744. The standard InChI is InChI=1S/C10H19F3N2O/c1-8(9(2)16)15-5-3-14(4-6-15)7-10(11,12)13/h8-9,16H,3-7H2,1-2H3. The zero-order chi connectivity index (χ0) is 12.3. The lowest BCUT2D eigenvalue weighted by atomic mass is 10.1. The first-order chi connectivity index (χ1) is 7.29. The number of alkyl halides is 3. The summed E-state index contributed by atoms with van der Waals surface area (Å²) in [6.07, 6.45) is -4.56. The zero-order valence-corrected chi connectivity index (χ0v) is 9.67. The average Bonchev–Trinajstić information content (AvgIpc) is 2.15. The largest absolute Gasteiger partial charge is 0.401 e. The molecule has 0 spiro atoms. The number of rotatable bonds is 3. The Kier molecular flexibility index (Phi) is 4.58. The topological polar surface area (TPSA) is 26.7 Å². The molecule has 1 heterocycles. The molecule has 1 saturated heterocycles. The molecule has 1 aliphatic heterocycles. The van der Waals surface area contributed by atoms with E-state index in [1.165, 1.54) is 4.90 Å². The predicted octanol–water partition coefficient (Wildman–Crippen LogP) is 0.936. The third-order valence-electron chi connectivity index (χ3n) is 3.08. The zero-order valence-electron chi connectivity index (χ0n) is 9.67. The van der Waals surface area contributed by atoms with Crippen LogP contribution in [0.15, 0.2) is 0 Å². The minimum Gasteiger partial charge on any atom is -0.392 e. The van der Waals surface area contributed by atoms with E-state index >= 15 is 0 Å². The monoisotopic (exact) mass is 240 g/mol. The highest BCUT2D eigenvalue weighted by molar-refractivity contribution is 4.79. The molecular formula is C10H19F3N2O. The fourth-order valence-corrected chi connectivity index (χ4v) is 1.89. The van der Waals surface area contributed by atoms with Crippen LogP contribution in [0.3, 0.4) is 0 Å². The Morgan fingerprint density at radius 2 is 1.62 bits per heavy atom. The third kappa shape index (κ3) is 4.27. The van der Waals surface area contributed by atoms with Crippen molar-refractivity contribution in [1.82, 2.24) is 9.80 Å². The van der Waals surface area contributed by atoms with Crippen molar-refractivity contribution in [3.8, 4) is 0 Å². The Morgan fingerprint density at radius 1 is 1.12 bits per heavy atom. The van der Waals surface area contributed by atoms with Gasteiger partial charge < -0.3 is 5.11 Å². The Morgan fingerprint density at radius 3 is 2.00 bits per heavy atom. The summed E-state index contributed by atoms with van der Waals surface area (Å²) in [6, 6.07) is 0.00744. The van der Waals surface area contributed by atoms with Gasteiger partial charge in [-0.1, -0.05) is 0 Å². The Balaban J connectivity index is 2.34. The number of hydrogen-bond donors (Lipinski definition) is 1. The summed E-state index contributed by atoms with van der Waals surface area (Å²) in [6.45, 7) is 4.76. The van der Waals surface area contributed by atoms with Crippen molar-refractivity contribution in [2.45, 2.75) is 32.2 Å². The van der Waals surface area contributed by atoms with Gasteiger partial charge in [0.25, 0.3) is 0 Å². The van der Waals surface area contributed by atoms with E-state index in [1.54, 1.807) is 6.92 Å². The molecular weight excluding hydrogens is 221 g/mol. The highest BCUT2D eigenvalue weighted by Crippen LogP contribution is 2.18. The molecule has 1 fully saturated rings. The second-order valence-electron chi connectivity index (χ2n) is 4.41. The van der Waals surface area contributed by atoms with Crippen molar-refractivity contribution in [3.63, 3.8) is 0 Å². The summed E-state index contributed by atoms with van der Waals surface area (Å²) in [7, 11) is 0. The van der Waals surface area contributed by atoms with E-state index in [0.717, 1.165) is 0 Å². The maximum Gasteiger partial charge on any atom is 0.401 e. The second kappa shape index (κ2) is 5.33. The molecule has 6 heteroatoms. The fourth-order valence-electron chi connectivity index (χ4n) is 1.89. The van der Waals surface area contributed by atoms with E-state index in [4.69, 9.17) is 0 Å². The quantitative estimate of drug-likeness (QED) is 0.795. The molecule has 0 aromatic carbocycles. The molecule has 0 bridgehead atoms. The molecule has 16 heavy (non-hydrogen) atoms. The van der Waals surface area contributed by atoms with Gasteiger partial charge in [-0.15, -0.1) is 0 Å². The van der Waals surface area contributed by atoms with Crippen molar-refractivity contribution in [2.75, 3.05) is 32.7 Å². The van der Waals surface area contributed by atoms with E-state index in [9.17, 15) is 18.3 Å². The molecule has 96 valence electrons. The lowest BCUT2D eigenvalue weighted by Crippen LogP contribution is -2.53. The van der Waals surface area contributed by atoms with E-state index < -0.39 is 18.8 Å². The van der Waals surface area contributed by atoms with Crippen molar-refractivity contribution in [3.05, 3.63) is 0 Å². The van der Waals surface area contributed by atoms with Gasteiger partial charge in [0, 0.05) is 32.2 Å². The molecule has 2 atom stereocenters. The van der Waals surface area contributed by atoms with Crippen LogP contribution in [0.2, 0.25) is 0 Å². The van der Waals surface area contributed by atoms with Gasteiger partial charge in [-0.2, -0.15) is 13.2 Å². The Bertz CT molecular complexity index is 213. The van der Waals surface area contributed by atoms with Gasteiger partial charge in [0.2, 0.25) is 0 Å². The van der Waals surface area contributed by atoms with Crippen molar-refractivity contribution < 1.29 is 18.3 Å². The van der Waals surface area contributed by atoms with Gasteiger partial charge in [-0.3, -0.25) is 9.80 Å². The van der Waals surface area contributed by atoms with Crippen LogP contribution in [0.4, 0.5) is 13.2 Å². The number of nitrogens with zero attached hydrogens (tertiary/aromatic N) is 2. The van der Waals surface area contributed by atoms with Crippen LogP contribution in [0, 0.1) is 0 Å². The molecule has 0 aliphatic carbocycles. The maximum absolute atomic E-state index is 12.1. The summed E-state index contributed by atoms with van der Waals surface area (Å²) < 4.78 is 36.4. The van der Waals surface area contributed by atoms with Crippen molar-refractivity contribution in [1.29, 1.82) is 0 Å². The SMILES string of the molecule is CC(O)C(C)N1CCN(CC(F)(F)F)CC1. The van der Waals surface area contributed by atoms with Gasteiger partial charge >= 0.3 is 6.18 Å². The number of aliphatic hydroxyl groups is 1. The molecule has 0 aromatic rings. The van der Waals surface area contributed by atoms with Gasteiger partial charge in [0.05, 0.1) is 12.6 Å². The van der Waals surface area contributed by atoms with Gasteiger partial charge in [0.15, 0.2) is 0 Å². The number of hydrogen-bond acceptors (Lipinski definition) is 3. The summed E-state index contributed by atoms with van der Waals surface area (Å²) in [5.41, 5.74) is 0. The number of piperazine rings is 1. The van der Waals surface area contributed by atoms with Crippen LogP contribution in [0.5, 0.6) is 0 Å². The maximum atomic E-state index is 12.1. The van der Waals surface area contributed by atoms with E-state index in [-0.39, 0.29) is 6.04 Å². The summed E-state index contributed by atoms with van der Waals surface area (Å²) >= 11 is 0. The van der Waals surface area contributed by atoms with Crippen molar-refractivity contribution in [2.24, 2.45) is 0 Å². The van der Waals surface area contributed by atoms with Crippen LogP contribution in [-0.2, 0) is 0 Å². The Labute approximate surface area is 93.8 Å². The normalized spacial score (nSPS) is 24.4. The molecule has 1 aliphatic rings. The van der Waals surface area contributed by atoms with Crippen molar-refractivity contribution >= 4 is 0 Å². The molecule has 2 unspecified atom stereocenters. The van der Waals surface area contributed by atoms with Crippen LogP contribution in [-0.4, -0.2) is 66.0 Å². The first kappa shape index (κ1) is 13.7. The van der Waals surface area contributed by atoms with Gasteiger partial charge in [-0.05, 0) is 13.8 Å². The highest BCUT2D eigenvalue weighted by atomic mass is 19.4. The second-order valence-corrected chi connectivity index (χ2v) is 4.41. The highest BCUT2D eigenvalue weighted by Gasteiger charge is 2.33. The lowest BCUT2D eigenvalue weighted by molar-refractivity contribution is -0.150. The minimum atomic E-state index is -4.11. The van der Waals surface area contributed by atoms with E-state index in [2.05, 4.69) is 0 Å². The van der Waals surface area contributed by atoms with Crippen LogP contribution >= 0.6 is 0 Å². The van der Waals surface area contributed by atoms with Gasteiger partial charge in [-0.25, -0.2) is 0 Å². The van der Waals surface area contributed by atoms with Gasteiger partial charge in [0.1, 0.15) is 0 Å². The third-order valence-corrected chi connectivity index (χ3v) is 3.08. The van der Waals surface area contributed by atoms with Crippen LogP contribution < -0.4 is 0 Å². The van der Waals surface area contributed by atoms with E-state index in [0.29, 0.717) is 26.2 Å². The van der Waals surface area contributed by atoms with Crippen LogP contribution in [0.25, 0.3) is 0 Å². The Hall–Kier alpha value is -0.330. The lowest BCUT2D eigenvalue weighted by Gasteiger charge is -2.39. The van der Waals surface area contributed by atoms with E-state index in [1.807, 2.05) is 11.8 Å². The average molecular weight is 240 g/mol. The smallest absolute Gasteiger partial charge is 0.392 e. The fraction of sp³-hybridized carbons (Fsp3) is 1.00.